The Labute approximate surface area is 167 Å². The van der Waals surface area contributed by atoms with Gasteiger partial charge in [0.1, 0.15) is 18.1 Å². The molecular weight excluding hydrogens is 409 g/mol. The van der Waals surface area contributed by atoms with Gasteiger partial charge in [-0.3, -0.25) is 0 Å². The van der Waals surface area contributed by atoms with E-state index >= 15 is 0 Å². The predicted octanol–water partition coefficient (Wildman–Crippen LogP) is 4.30. The van der Waals surface area contributed by atoms with Gasteiger partial charge in [0.15, 0.2) is 0 Å². The van der Waals surface area contributed by atoms with Crippen LogP contribution < -0.4 is 20.1 Å². The van der Waals surface area contributed by atoms with Crippen LogP contribution in [0.5, 0.6) is 11.6 Å². The summed E-state index contributed by atoms with van der Waals surface area (Å²) in [6.07, 6.45) is -4.76. The number of hydrogen-bond donors (Lipinski definition) is 2. The topological polar surface area (TPSA) is 85.4 Å². The highest BCUT2D eigenvalue weighted by atomic mass is 32.1. The summed E-state index contributed by atoms with van der Waals surface area (Å²) in [5.74, 6) is -0.0455. The van der Waals surface area contributed by atoms with E-state index in [9.17, 15) is 18.0 Å². The number of halogens is 3. The average molecular weight is 424 g/mol. The van der Waals surface area contributed by atoms with Crippen LogP contribution in [0.3, 0.4) is 0 Å². The Morgan fingerprint density at radius 3 is 2.48 bits per heavy atom. The molecule has 0 fully saturated rings. The number of rotatable bonds is 7. The standard InChI is InChI=1S/C18H15F3N4O3S/c19-18(20,21)28-13-5-3-12(4-6-13)23-17(26)22-9-10-27-16-8-7-14(24-25-16)15-2-1-11-29-15/h1-8,11H,9-10H2,(H2,22,23,26). The molecule has 2 aromatic heterocycles. The Morgan fingerprint density at radius 2 is 1.86 bits per heavy atom. The molecule has 0 aliphatic rings. The van der Waals surface area contributed by atoms with Gasteiger partial charge in [0.05, 0.1) is 11.4 Å². The van der Waals surface area contributed by atoms with Crippen LogP contribution in [-0.2, 0) is 0 Å². The molecule has 0 spiro atoms. The van der Waals surface area contributed by atoms with Crippen molar-refractivity contribution in [2.45, 2.75) is 6.36 Å². The molecule has 0 unspecified atom stereocenters. The Morgan fingerprint density at radius 1 is 1.07 bits per heavy atom. The average Bonchev–Trinajstić information content (AvgIpc) is 3.21. The molecule has 0 bridgehead atoms. The number of thiophene rings is 1. The molecule has 2 amide bonds. The van der Waals surface area contributed by atoms with Crippen LogP contribution in [0.25, 0.3) is 10.6 Å². The van der Waals surface area contributed by atoms with Crippen LogP contribution in [0, 0.1) is 0 Å². The summed E-state index contributed by atoms with van der Waals surface area (Å²) in [5, 5.41) is 15.0. The molecule has 2 heterocycles. The van der Waals surface area contributed by atoms with E-state index in [-0.39, 0.29) is 18.9 Å². The van der Waals surface area contributed by atoms with Crippen LogP contribution in [-0.4, -0.2) is 35.7 Å². The zero-order valence-electron chi connectivity index (χ0n) is 14.8. The minimum absolute atomic E-state index is 0.165. The Balaban J connectivity index is 1.37. The van der Waals surface area contributed by atoms with E-state index in [2.05, 4.69) is 25.6 Å². The summed E-state index contributed by atoms with van der Waals surface area (Å²) in [5.41, 5.74) is 1.06. The number of carbonyl (C=O) groups excluding carboxylic acids is 1. The normalized spacial score (nSPS) is 11.0. The summed E-state index contributed by atoms with van der Waals surface area (Å²) in [6, 6.07) is 11.6. The number of anilines is 1. The molecule has 1 aromatic carbocycles. The fourth-order valence-electron chi connectivity index (χ4n) is 2.19. The van der Waals surface area contributed by atoms with E-state index in [0.29, 0.717) is 11.6 Å². The highest BCUT2D eigenvalue weighted by Crippen LogP contribution is 2.24. The first-order valence-electron chi connectivity index (χ1n) is 8.30. The van der Waals surface area contributed by atoms with Crippen molar-refractivity contribution in [2.24, 2.45) is 0 Å². The second kappa shape index (κ2) is 9.24. The highest BCUT2D eigenvalue weighted by molar-refractivity contribution is 7.13. The summed E-state index contributed by atoms with van der Waals surface area (Å²) in [7, 11) is 0. The highest BCUT2D eigenvalue weighted by Gasteiger charge is 2.30. The Bertz CT molecular complexity index is 917. The molecule has 7 nitrogen and oxygen atoms in total. The zero-order chi connectivity index (χ0) is 20.7. The van der Waals surface area contributed by atoms with Crippen LogP contribution >= 0.6 is 11.3 Å². The van der Waals surface area contributed by atoms with Crippen molar-refractivity contribution in [3.63, 3.8) is 0 Å². The van der Waals surface area contributed by atoms with Crippen molar-refractivity contribution in [1.29, 1.82) is 0 Å². The molecule has 2 N–H and O–H groups in total. The lowest BCUT2D eigenvalue weighted by Gasteiger charge is -2.10. The van der Waals surface area contributed by atoms with E-state index in [1.165, 1.54) is 12.1 Å². The Kier molecular flexibility index (Phi) is 6.50. The lowest BCUT2D eigenvalue weighted by Crippen LogP contribution is -2.32. The van der Waals surface area contributed by atoms with Crippen LogP contribution in [0.15, 0.2) is 53.9 Å². The van der Waals surface area contributed by atoms with Gasteiger partial charge in [0.25, 0.3) is 0 Å². The molecule has 11 heteroatoms. The van der Waals surface area contributed by atoms with Gasteiger partial charge in [0, 0.05) is 11.8 Å². The molecule has 3 rings (SSSR count). The number of hydrogen-bond acceptors (Lipinski definition) is 6. The lowest BCUT2D eigenvalue weighted by molar-refractivity contribution is -0.274. The first-order valence-corrected chi connectivity index (χ1v) is 9.18. The van der Waals surface area contributed by atoms with Gasteiger partial charge in [-0.2, -0.15) is 0 Å². The smallest absolute Gasteiger partial charge is 0.475 e. The lowest BCUT2D eigenvalue weighted by atomic mass is 10.3. The number of nitrogens with zero attached hydrogens (tertiary/aromatic N) is 2. The van der Waals surface area contributed by atoms with Gasteiger partial charge in [0.2, 0.25) is 5.88 Å². The van der Waals surface area contributed by atoms with Crippen molar-refractivity contribution in [2.75, 3.05) is 18.5 Å². The third-order valence-corrected chi connectivity index (χ3v) is 4.29. The van der Waals surface area contributed by atoms with Gasteiger partial charge in [-0.15, -0.1) is 34.7 Å². The Hall–Kier alpha value is -3.34. The number of alkyl halides is 3. The SMILES string of the molecule is O=C(NCCOc1ccc(-c2cccs2)nn1)Nc1ccc(OC(F)(F)F)cc1. The number of benzene rings is 1. The van der Waals surface area contributed by atoms with E-state index < -0.39 is 12.4 Å². The molecule has 0 saturated heterocycles. The number of nitrogens with one attached hydrogen (secondary N) is 2. The maximum Gasteiger partial charge on any atom is 0.573 e. The molecule has 3 aromatic rings. The molecule has 0 saturated carbocycles. The second-order valence-electron chi connectivity index (χ2n) is 5.54. The molecular formula is C18H15F3N4O3S. The molecule has 29 heavy (non-hydrogen) atoms. The van der Waals surface area contributed by atoms with Crippen LogP contribution in [0.4, 0.5) is 23.7 Å². The molecule has 152 valence electrons. The summed E-state index contributed by atoms with van der Waals surface area (Å²) < 4.78 is 45.5. The van der Waals surface area contributed by atoms with Gasteiger partial charge < -0.3 is 20.1 Å². The monoisotopic (exact) mass is 424 g/mol. The summed E-state index contributed by atoms with van der Waals surface area (Å²) in [4.78, 5) is 12.8. The van der Waals surface area contributed by atoms with Gasteiger partial charge in [-0.05, 0) is 41.8 Å². The summed E-state index contributed by atoms with van der Waals surface area (Å²) >= 11 is 1.56. The number of urea groups is 1. The maximum absolute atomic E-state index is 12.1. The van der Waals surface area contributed by atoms with Crippen LogP contribution in [0.2, 0.25) is 0 Å². The predicted molar refractivity (Wildman–Crippen MR) is 101 cm³/mol. The molecule has 0 aliphatic carbocycles. The minimum Gasteiger partial charge on any atom is -0.475 e. The fourth-order valence-corrected chi connectivity index (χ4v) is 2.88. The van der Waals surface area contributed by atoms with Crippen molar-refractivity contribution in [3.05, 3.63) is 53.9 Å². The van der Waals surface area contributed by atoms with Crippen molar-refractivity contribution < 1.29 is 27.4 Å². The number of ether oxygens (including phenoxy) is 2. The van der Waals surface area contributed by atoms with Crippen molar-refractivity contribution in [3.8, 4) is 22.2 Å². The van der Waals surface area contributed by atoms with E-state index in [4.69, 9.17) is 4.74 Å². The third kappa shape index (κ3) is 6.64. The van der Waals surface area contributed by atoms with Gasteiger partial charge >= 0.3 is 12.4 Å². The van der Waals surface area contributed by atoms with E-state index in [0.717, 1.165) is 22.7 Å². The maximum atomic E-state index is 12.1. The molecule has 0 atom stereocenters. The summed E-state index contributed by atoms with van der Waals surface area (Å²) in [6.45, 7) is 0.355. The first kappa shape index (κ1) is 20.4. The quantitative estimate of drug-likeness (QED) is 0.553. The number of amides is 2. The van der Waals surface area contributed by atoms with Gasteiger partial charge in [-0.1, -0.05) is 6.07 Å². The largest absolute Gasteiger partial charge is 0.573 e. The van der Waals surface area contributed by atoms with Crippen molar-refractivity contribution >= 4 is 23.1 Å². The van der Waals surface area contributed by atoms with Crippen molar-refractivity contribution in [1.82, 2.24) is 15.5 Å². The number of carbonyl (C=O) groups is 1. The van der Waals surface area contributed by atoms with Crippen LogP contribution in [0.1, 0.15) is 0 Å². The minimum atomic E-state index is -4.76. The second-order valence-corrected chi connectivity index (χ2v) is 6.48. The first-order chi connectivity index (χ1) is 13.9. The van der Waals surface area contributed by atoms with Gasteiger partial charge in [-0.25, -0.2) is 4.79 Å². The van der Waals surface area contributed by atoms with E-state index in [1.54, 1.807) is 23.5 Å². The van der Waals surface area contributed by atoms with E-state index in [1.807, 2.05) is 17.5 Å². The third-order valence-electron chi connectivity index (χ3n) is 3.40. The fraction of sp³-hybridized carbons (Fsp3) is 0.167. The molecule has 0 aliphatic heterocycles. The molecule has 0 radical (unpaired) electrons. The zero-order valence-corrected chi connectivity index (χ0v) is 15.6. The number of aromatic nitrogens is 2.